The number of rotatable bonds is 5. The first-order chi connectivity index (χ1) is 13.3. The van der Waals surface area contributed by atoms with Crippen LogP contribution in [0, 0.1) is 17.0 Å². The Morgan fingerprint density at radius 1 is 1.21 bits per heavy atom. The van der Waals surface area contributed by atoms with Crippen LogP contribution in [0.2, 0.25) is 0 Å². The minimum absolute atomic E-state index is 0.0141. The number of nitrogens with zero attached hydrogens (tertiary/aromatic N) is 4. The Morgan fingerprint density at radius 2 is 2.00 bits per heavy atom. The van der Waals surface area contributed by atoms with Crippen LogP contribution in [-0.2, 0) is 0 Å². The predicted molar refractivity (Wildman–Crippen MR) is 114 cm³/mol. The van der Waals surface area contributed by atoms with Gasteiger partial charge in [0.1, 0.15) is 5.75 Å². The van der Waals surface area contributed by atoms with Crippen molar-refractivity contribution in [3.63, 3.8) is 0 Å². The quantitative estimate of drug-likeness (QED) is 0.285. The fraction of sp³-hybridized carbons (Fsp3) is 0.0556. The highest BCUT2D eigenvalue weighted by Gasteiger charge is 2.13. The predicted octanol–water partition coefficient (Wildman–Crippen LogP) is 5.04. The molecule has 0 spiro atoms. The number of aromatic hydroxyl groups is 1. The second kappa shape index (κ2) is 8.44. The molecule has 0 aliphatic rings. The van der Waals surface area contributed by atoms with Gasteiger partial charge in [0.2, 0.25) is 0 Å². The molecule has 0 unspecified atom stereocenters. The molecule has 0 amide bonds. The lowest BCUT2D eigenvalue weighted by atomic mass is 10.2. The lowest BCUT2D eigenvalue weighted by Crippen LogP contribution is -1.99. The Hall–Kier alpha value is -2.85. The molecule has 28 heavy (non-hydrogen) atoms. The van der Waals surface area contributed by atoms with Gasteiger partial charge in [0.15, 0.2) is 11.6 Å². The molecule has 1 heterocycles. The molecule has 3 aromatic rings. The summed E-state index contributed by atoms with van der Waals surface area (Å²) in [4.78, 5) is 19.1. The molecule has 0 aliphatic carbocycles. The number of nitrogens with one attached hydrogen (secondary N) is 1. The Balaban J connectivity index is 1.87. The molecule has 0 radical (unpaired) electrons. The zero-order valence-electron chi connectivity index (χ0n) is 14.4. The van der Waals surface area contributed by atoms with Crippen LogP contribution in [0.5, 0.6) is 5.75 Å². The molecule has 0 aliphatic heterocycles. The Labute approximate surface area is 176 Å². The second-order valence-electron chi connectivity index (χ2n) is 5.72. The molecule has 2 N–H and O–H groups in total. The lowest BCUT2D eigenvalue weighted by molar-refractivity contribution is -0.384. The Morgan fingerprint density at radius 3 is 2.75 bits per heavy atom. The summed E-state index contributed by atoms with van der Waals surface area (Å²) in [6.07, 6.45) is 1.46. The summed E-state index contributed by atoms with van der Waals surface area (Å²) in [5.74, 6) is 0.770. The molecule has 0 saturated heterocycles. The van der Waals surface area contributed by atoms with Gasteiger partial charge in [0, 0.05) is 33.9 Å². The monoisotopic (exact) mass is 505 g/mol. The third kappa shape index (κ3) is 4.70. The molecule has 0 saturated carbocycles. The molecule has 0 bridgehead atoms. The van der Waals surface area contributed by atoms with Crippen molar-refractivity contribution in [3.8, 4) is 17.1 Å². The number of non-ortho nitro benzene ring substituents is 1. The smallest absolute Gasteiger partial charge is 0.270 e. The Bertz CT molecular complexity index is 1090. The summed E-state index contributed by atoms with van der Waals surface area (Å²) >= 11 is 6.67. The number of benzene rings is 2. The van der Waals surface area contributed by atoms with E-state index in [0.29, 0.717) is 32.9 Å². The van der Waals surface area contributed by atoms with Crippen molar-refractivity contribution in [1.29, 1.82) is 0 Å². The highest BCUT2D eigenvalue weighted by atomic mass is 79.9. The molecular formula is C18H13Br2N5O3. The number of phenols is 1. The van der Waals surface area contributed by atoms with Gasteiger partial charge < -0.3 is 5.11 Å². The zero-order valence-corrected chi connectivity index (χ0v) is 17.6. The molecule has 2 aromatic carbocycles. The molecule has 0 fully saturated rings. The van der Waals surface area contributed by atoms with Gasteiger partial charge >= 0.3 is 0 Å². The molecule has 0 atom stereocenters. The second-order valence-corrected chi connectivity index (χ2v) is 7.49. The maximum absolute atomic E-state index is 10.8. The molecular weight excluding hydrogens is 494 g/mol. The van der Waals surface area contributed by atoms with Crippen LogP contribution in [0.4, 0.5) is 11.5 Å². The SMILES string of the molecule is Cc1cc(NN=Cc2cccc([N+](=O)[O-])c2)nc(-c2cc(Br)cc(Br)c2O)n1. The summed E-state index contributed by atoms with van der Waals surface area (Å²) in [6, 6.07) is 11.2. The van der Waals surface area contributed by atoms with E-state index in [2.05, 4.69) is 52.4 Å². The van der Waals surface area contributed by atoms with E-state index in [0.717, 1.165) is 4.47 Å². The topological polar surface area (TPSA) is 114 Å². The van der Waals surface area contributed by atoms with Crippen LogP contribution in [0.25, 0.3) is 11.4 Å². The highest BCUT2D eigenvalue weighted by molar-refractivity contribution is 9.11. The lowest BCUT2D eigenvalue weighted by Gasteiger charge is -2.09. The van der Waals surface area contributed by atoms with E-state index in [1.807, 2.05) is 0 Å². The van der Waals surface area contributed by atoms with Gasteiger partial charge in [-0.05, 0) is 35.0 Å². The average Bonchev–Trinajstić information content (AvgIpc) is 2.64. The first kappa shape index (κ1) is 19.9. The van der Waals surface area contributed by atoms with Crippen molar-refractivity contribution < 1.29 is 10.0 Å². The normalized spacial score (nSPS) is 11.0. The third-order valence-corrected chi connectivity index (χ3v) is 4.66. The van der Waals surface area contributed by atoms with Crippen molar-refractivity contribution in [3.05, 3.63) is 72.8 Å². The molecule has 1 aromatic heterocycles. The first-order valence-electron chi connectivity index (χ1n) is 7.91. The highest BCUT2D eigenvalue weighted by Crippen LogP contribution is 2.37. The fourth-order valence-corrected chi connectivity index (χ4v) is 3.60. The molecule has 8 nitrogen and oxygen atoms in total. The Kier molecular flexibility index (Phi) is 6.00. The number of anilines is 1. The van der Waals surface area contributed by atoms with E-state index in [1.54, 1.807) is 37.3 Å². The third-order valence-electron chi connectivity index (χ3n) is 3.60. The maximum Gasteiger partial charge on any atom is 0.270 e. The number of hydrogen-bond acceptors (Lipinski definition) is 7. The molecule has 10 heteroatoms. The van der Waals surface area contributed by atoms with Crippen molar-refractivity contribution in [2.24, 2.45) is 5.10 Å². The minimum atomic E-state index is -0.465. The number of halogens is 2. The summed E-state index contributed by atoms with van der Waals surface area (Å²) < 4.78 is 1.27. The number of hydrazone groups is 1. The largest absolute Gasteiger partial charge is 0.506 e. The zero-order chi connectivity index (χ0) is 20.3. The van der Waals surface area contributed by atoms with Crippen LogP contribution in [0.3, 0.4) is 0 Å². The van der Waals surface area contributed by atoms with Crippen molar-refractivity contribution in [2.45, 2.75) is 6.92 Å². The number of aromatic nitrogens is 2. The summed E-state index contributed by atoms with van der Waals surface area (Å²) in [5, 5.41) is 25.2. The van der Waals surface area contributed by atoms with Crippen LogP contribution < -0.4 is 5.43 Å². The van der Waals surface area contributed by atoms with Gasteiger partial charge in [0.25, 0.3) is 5.69 Å². The van der Waals surface area contributed by atoms with Gasteiger partial charge in [-0.3, -0.25) is 15.5 Å². The number of hydrogen-bond donors (Lipinski definition) is 2. The van der Waals surface area contributed by atoms with Crippen LogP contribution in [0.1, 0.15) is 11.3 Å². The van der Waals surface area contributed by atoms with Crippen LogP contribution >= 0.6 is 31.9 Å². The van der Waals surface area contributed by atoms with Crippen LogP contribution in [0.15, 0.2) is 56.5 Å². The minimum Gasteiger partial charge on any atom is -0.506 e. The molecule has 3 rings (SSSR count). The maximum atomic E-state index is 10.8. The summed E-state index contributed by atoms with van der Waals surface area (Å²) in [6.45, 7) is 1.80. The summed E-state index contributed by atoms with van der Waals surface area (Å²) in [5.41, 5.74) is 4.47. The van der Waals surface area contributed by atoms with E-state index in [9.17, 15) is 15.2 Å². The van der Waals surface area contributed by atoms with Crippen molar-refractivity contribution >= 4 is 49.6 Å². The van der Waals surface area contributed by atoms with Gasteiger partial charge in [-0.15, -0.1) is 0 Å². The van der Waals surface area contributed by atoms with E-state index in [-0.39, 0.29) is 11.4 Å². The van der Waals surface area contributed by atoms with E-state index >= 15 is 0 Å². The number of aryl methyl sites for hydroxylation is 1. The first-order valence-corrected chi connectivity index (χ1v) is 9.49. The number of phenolic OH excluding ortho intramolecular Hbond substituents is 1. The van der Waals surface area contributed by atoms with Crippen molar-refractivity contribution in [2.75, 3.05) is 5.43 Å². The standard InChI is InChI=1S/C18H13Br2N5O3/c1-10-5-16(24-21-9-11-3-2-4-13(6-11)25(27)28)23-18(22-10)14-7-12(19)8-15(20)17(14)26/h2-9,26H,1H3,(H,22,23,24). The van der Waals surface area contributed by atoms with Gasteiger partial charge in [-0.2, -0.15) is 5.10 Å². The van der Waals surface area contributed by atoms with Gasteiger partial charge in [-0.25, -0.2) is 9.97 Å². The average molecular weight is 507 g/mol. The number of nitro groups is 1. The van der Waals surface area contributed by atoms with E-state index < -0.39 is 4.92 Å². The fourth-order valence-electron chi connectivity index (χ4n) is 2.37. The molecule has 142 valence electrons. The number of nitro benzene ring substituents is 1. The van der Waals surface area contributed by atoms with Crippen LogP contribution in [-0.4, -0.2) is 26.2 Å². The summed E-state index contributed by atoms with van der Waals surface area (Å²) in [7, 11) is 0. The van der Waals surface area contributed by atoms with E-state index in [1.165, 1.54) is 18.3 Å². The van der Waals surface area contributed by atoms with Gasteiger partial charge in [-0.1, -0.05) is 28.1 Å². The van der Waals surface area contributed by atoms with E-state index in [4.69, 9.17) is 0 Å². The van der Waals surface area contributed by atoms with Gasteiger partial charge in [0.05, 0.1) is 21.2 Å². The van der Waals surface area contributed by atoms with Crippen molar-refractivity contribution in [1.82, 2.24) is 9.97 Å².